The maximum Gasteiger partial charge on any atom is 0.410 e. The molecule has 0 bridgehead atoms. The van der Waals surface area contributed by atoms with Gasteiger partial charge in [-0.05, 0) is 59.7 Å². The summed E-state index contributed by atoms with van der Waals surface area (Å²) in [4.78, 5) is 28.3. The van der Waals surface area contributed by atoms with Crippen molar-refractivity contribution in [1.29, 1.82) is 0 Å². The summed E-state index contributed by atoms with van der Waals surface area (Å²) in [5.74, 6) is 0.133. The molecule has 0 aromatic heterocycles. The number of hydrogen-bond acceptors (Lipinski definition) is 4. The van der Waals surface area contributed by atoms with E-state index in [2.05, 4.69) is 24.2 Å². The highest BCUT2D eigenvalue weighted by Gasteiger charge is 2.30. The molecule has 6 heteroatoms. The Labute approximate surface area is 146 Å². The van der Waals surface area contributed by atoms with Gasteiger partial charge in [0.15, 0.2) is 0 Å². The third kappa shape index (κ3) is 7.07. The summed E-state index contributed by atoms with van der Waals surface area (Å²) in [5.41, 5.74) is -0.434. The van der Waals surface area contributed by atoms with Gasteiger partial charge in [0, 0.05) is 25.6 Å². The fraction of sp³-hybridized carbons (Fsp3) is 0.889. The van der Waals surface area contributed by atoms with E-state index in [1.807, 2.05) is 20.8 Å². The first-order valence-electron chi connectivity index (χ1n) is 9.23. The van der Waals surface area contributed by atoms with Gasteiger partial charge in [-0.3, -0.25) is 4.79 Å². The van der Waals surface area contributed by atoms with Gasteiger partial charge in [0.25, 0.3) is 0 Å². The second-order valence-corrected chi connectivity index (χ2v) is 7.28. The Morgan fingerprint density at radius 1 is 1.25 bits per heavy atom. The minimum atomic E-state index is -0.434. The standard InChI is InChI=1S/C18H35N3O3/c1-6-18(3,4)24-17(23)21-13-9-15(10-14-21)16(22)19-11-8-12-20(5)7-2/h15H,6-14H2,1-5H3,(H,19,22). The molecule has 0 saturated carbocycles. The van der Waals surface area contributed by atoms with Crippen LogP contribution in [0.4, 0.5) is 4.79 Å². The van der Waals surface area contributed by atoms with E-state index in [1.54, 1.807) is 4.90 Å². The van der Waals surface area contributed by atoms with Crippen LogP contribution in [0.25, 0.3) is 0 Å². The van der Waals surface area contributed by atoms with Gasteiger partial charge in [0.1, 0.15) is 5.60 Å². The van der Waals surface area contributed by atoms with E-state index >= 15 is 0 Å². The number of nitrogens with zero attached hydrogens (tertiary/aromatic N) is 2. The lowest BCUT2D eigenvalue weighted by Gasteiger charge is -2.33. The number of carbonyl (C=O) groups is 2. The molecule has 1 rings (SSSR count). The van der Waals surface area contributed by atoms with Crippen molar-refractivity contribution in [3.05, 3.63) is 0 Å². The fourth-order valence-corrected chi connectivity index (χ4v) is 2.56. The lowest BCUT2D eigenvalue weighted by molar-refractivity contribution is -0.126. The average molecular weight is 341 g/mol. The maximum atomic E-state index is 12.2. The van der Waals surface area contributed by atoms with Crippen LogP contribution in [-0.2, 0) is 9.53 Å². The van der Waals surface area contributed by atoms with Gasteiger partial charge >= 0.3 is 6.09 Å². The smallest absolute Gasteiger partial charge is 0.410 e. The van der Waals surface area contributed by atoms with Crippen LogP contribution in [0.3, 0.4) is 0 Å². The Bertz CT molecular complexity index is 404. The summed E-state index contributed by atoms with van der Waals surface area (Å²) in [6.07, 6.45) is 2.91. The third-order valence-corrected chi connectivity index (χ3v) is 4.89. The second kappa shape index (κ2) is 9.87. The largest absolute Gasteiger partial charge is 0.443 e. The monoisotopic (exact) mass is 341 g/mol. The van der Waals surface area contributed by atoms with Crippen molar-refractivity contribution in [2.45, 2.75) is 59.0 Å². The molecule has 0 unspecified atom stereocenters. The van der Waals surface area contributed by atoms with Crippen molar-refractivity contribution in [3.63, 3.8) is 0 Å². The molecule has 1 aliphatic heterocycles. The normalized spacial score (nSPS) is 16.3. The molecule has 1 aliphatic rings. The van der Waals surface area contributed by atoms with Crippen LogP contribution in [0.5, 0.6) is 0 Å². The quantitative estimate of drug-likeness (QED) is 0.689. The molecule has 140 valence electrons. The Morgan fingerprint density at radius 3 is 2.42 bits per heavy atom. The molecule has 6 nitrogen and oxygen atoms in total. The zero-order valence-electron chi connectivity index (χ0n) is 16.1. The summed E-state index contributed by atoms with van der Waals surface area (Å²) < 4.78 is 5.52. The first-order valence-corrected chi connectivity index (χ1v) is 9.23. The molecular formula is C18H35N3O3. The zero-order chi connectivity index (χ0) is 18.2. The van der Waals surface area contributed by atoms with Crippen molar-refractivity contribution in [1.82, 2.24) is 15.1 Å². The molecule has 0 radical (unpaired) electrons. The lowest BCUT2D eigenvalue weighted by atomic mass is 9.96. The van der Waals surface area contributed by atoms with Gasteiger partial charge in [-0.25, -0.2) is 4.79 Å². The van der Waals surface area contributed by atoms with E-state index in [1.165, 1.54) is 0 Å². The van der Waals surface area contributed by atoms with Gasteiger partial charge < -0.3 is 19.9 Å². The Kier molecular flexibility index (Phi) is 8.53. The first-order chi connectivity index (χ1) is 11.3. The van der Waals surface area contributed by atoms with Crippen LogP contribution in [0.2, 0.25) is 0 Å². The number of likely N-dealkylation sites (tertiary alicyclic amines) is 1. The van der Waals surface area contributed by atoms with Crippen LogP contribution in [-0.4, -0.2) is 67.2 Å². The van der Waals surface area contributed by atoms with Crippen molar-refractivity contribution in [2.75, 3.05) is 39.8 Å². The van der Waals surface area contributed by atoms with Crippen LogP contribution >= 0.6 is 0 Å². The third-order valence-electron chi connectivity index (χ3n) is 4.89. The molecule has 24 heavy (non-hydrogen) atoms. The molecule has 0 atom stereocenters. The number of piperidine rings is 1. The summed E-state index contributed by atoms with van der Waals surface area (Å²) >= 11 is 0. The highest BCUT2D eigenvalue weighted by atomic mass is 16.6. The lowest BCUT2D eigenvalue weighted by Crippen LogP contribution is -2.45. The predicted octanol–water partition coefficient (Wildman–Crippen LogP) is 2.48. The summed E-state index contributed by atoms with van der Waals surface area (Å²) in [6.45, 7) is 11.9. The SMILES string of the molecule is CCN(C)CCCNC(=O)C1CCN(C(=O)OC(C)(C)CC)CC1. The van der Waals surface area contributed by atoms with Crippen molar-refractivity contribution >= 4 is 12.0 Å². The molecule has 0 aromatic rings. The first kappa shape index (κ1) is 20.7. The summed E-state index contributed by atoms with van der Waals surface area (Å²) in [5, 5.41) is 3.02. The highest BCUT2D eigenvalue weighted by Crippen LogP contribution is 2.21. The summed E-state index contributed by atoms with van der Waals surface area (Å²) in [7, 11) is 2.08. The van der Waals surface area contributed by atoms with Crippen LogP contribution < -0.4 is 5.32 Å². The molecular weight excluding hydrogens is 306 g/mol. The van der Waals surface area contributed by atoms with E-state index in [0.29, 0.717) is 25.9 Å². The number of carbonyl (C=O) groups excluding carboxylic acids is 2. The van der Waals surface area contributed by atoms with E-state index in [-0.39, 0.29) is 17.9 Å². The van der Waals surface area contributed by atoms with Gasteiger partial charge in [0.2, 0.25) is 5.91 Å². The molecule has 1 N–H and O–H groups in total. The molecule has 0 aromatic carbocycles. The molecule has 2 amide bonds. The van der Waals surface area contributed by atoms with E-state index < -0.39 is 5.60 Å². The highest BCUT2D eigenvalue weighted by molar-refractivity contribution is 5.79. The molecule has 1 fully saturated rings. The topological polar surface area (TPSA) is 61.9 Å². The molecule has 0 aliphatic carbocycles. The predicted molar refractivity (Wildman–Crippen MR) is 95.9 cm³/mol. The van der Waals surface area contributed by atoms with Crippen LogP contribution in [0.15, 0.2) is 0 Å². The van der Waals surface area contributed by atoms with Crippen LogP contribution in [0.1, 0.15) is 53.4 Å². The Hall–Kier alpha value is -1.30. The van der Waals surface area contributed by atoms with E-state index in [9.17, 15) is 9.59 Å². The number of rotatable bonds is 8. The average Bonchev–Trinajstić information content (AvgIpc) is 2.58. The van der Waals surface area contributed by atoms with Gasteiger partial charge in [-0.15, -0.1) is 0 Å². The number of nitrogens with one attached hydrogen (secondary N) is 1. The second-order valence-electron chi connectivity index (χ2n) is 7.28. The molecule has 1 heterocycles. The number of ether oxygens (including phenoxy) is 1. The number of amides is 2. The zero-order valence-corrected chi connectivity index (χ0v) is 16.1. The minimum Gasteiger partial charge on any atom is -0.443 e. The Balaban J connectivity index is 2.27. The van der Waals surface area contributed by atoms with E-state index in [0.717, 1.165) is 32.5 Å². The Morgan fingerprint density at radius 2 is 1.88 bits per heavy atom. The van der Waals surface area contributed by atoms with Gasteiger partial charge in [-0.2, -0.15) is 0 Å². The minimum absolute atomic E-state index is 0.0112. The molecule has 0 spiro atoms. The van der Waals surface area contributed by atoms with Crippen molar-refractivity contribution in [2.24, 2.45) is 5.92 Å². The van der Waals surface area contributed by atoms with Crippen molar-refractivity contribution < 1.29 is 14.3 Å². The van der Waals surface area contributed by atoms with Crippen LogP contribution in [0, 0.1) is 5.92 Å². The van der Waals surface area contributed by atoms with Crippen molar-refractivity contribution in [3.8, 4) is 0 Å². The molecule has 1 saturated heterocycles. The summed E-state index contributed by atoms with van der Waals surface area (Å²) in [6, 6.07) is 0. The maximum absolute atomic E-state index is 12.2. The fourth-order valence-electron chi connectivity index (χ4n) is 2.56. The number of hydrogen-bond donors (Lipinski definition) is 1. The van der Waals surface area contributed by atoms with Gasteiger partial charge in [0.05, 0.1) is 0 Å². The van der Waals surface area contributed by atoms with Gasteiger partial charge in [-0.1, -0.05) is 13.8 Å². The van der Waals surface area contributed by atoms with E-state index in [4.69, 9.17) is 4.74 Å².